The van der Waals surface area contributed by atoms with Gasteiger partial charge in [-0.2, -0.15) is 0 Å². The first kappa shape index (κ1) is 21.7. The van der Waals surface area contributed by atoms with Gasteiger partial charge in [0.05, 0.1) is 11.4 Å². The number of piperidine rings is 1. The fourth-order valence-electron chi connectivity index (χ4n) is 4.77. The maximum Gasteiger partial charge on any atom is 0.138 e. The van der Waals surface area contributed by atoms with Crippen LogP contribution in [0.2, 0.25) is 0 Å². The van der Waals surface area contributed by atoms with E-state index in [1.807, 2.05) is 29.7 Å². The summed E-state index contributed by atoms with van der Waals surface area (Å²) < 4.78 is 16.8. The van der Waals surface area contributed by atoms with Crippen molar-refractivity contribution in [2.75, 3.05) is 26.2 Å². The normalized spacial score (nSPS) is 15.4. The van der Waals surface area contributed by atoms with Crippen molar-refractivity contribution in [1.29, 1.82) is 0 Å². The monoisotopic (exact) mass is 445 g/mol. The Balaban J connectivity index is 1.55. The van der Waals surface area contributed by atoms with Crippen molar-refractivity contribution in [3.05, 3.63) is 72.1 Å². The molecule has 1 aliphatic rings. The number of aryl methyl sites for hydroxylation is 1. The molecule has 0 amide bonds. The van der Waals surface area contributed by atoms with Gasteiger partial charge in [0.1, 0.15) is 23.0 Å². The molecule has 1 aromatic carbocycles. The molecule has 3 aromatic heterocycles. The lowest BCUT2D eigenvalue weighted by molar-refractivity contribution is 0.187. The lowest BCUT2D eigenvalue weighted by Crippen LogP contribution is -2.34. The van der Waals surface area contributed by atoms with Gasteiger partial charge < -0.3 is 10.0 Å². The number of aliphatic hydroxyl groups excluding tert-OH is 1. The van der Waals surface area contributed by atoms with Crippen molar-refractivity contribution < 1.29 is 9.50 Å². The van der Waals surface area contributed by atoms with Crippen LogP contribution in [0.3, 0.4) is 0 Å². The molecule has 1 N–H and O–H groups in total. The number of benzene rings is 1. The number of rotatable bonds is 6. The summed E-state index contributed by atoms with van der Waals surface area (Å²) in [6.45, 7) is 5.12. The first-order chi connectivity index (χ1) is 16.1. The molecular formula is C26H28FN5O. The maximum absolute atomic E-state index is 14.8. The Bertz CT molecular complexity index is 1260. The Labute approximate surface area is 192 Å². The summed E-state index contributed by atoms with van der Waals surface area (Å²) in [5, 5.41) is 9.08. The Hall–Kier alpha value is -3.16. The minimum atomic E-state index is -0.302. The van der Waals surface area contributed by atoms with E-state index >= 15 is 0 Å². The number of aromatic nitrogens is 4. The highest BCUT2D eigenvalue weighted by atomic mass is 19.1. The van der Waals surface area contributed by atoms with Gasteiger partial charge in [0.15, 0.2) is 0 Å². The van der Waals surface area contributed by atoms with Crippen LogP contribution in [-0.2, 0) is 0 Å². The van der Waals surface area contributed by atoms with Crippen LogP contribution in [-0.4, -0.2) is 55.6 Å². The second-order valence-electron chi connectivity index (χ2n) is 8.66. The summed E-state index contributed by atoms with van der Waals surface area (Å²) in [4.78, 5) is 16.1. The molecule has 0 unspecified atom stereocenters. The van der Waals surface area contributed by atoms with Crippen LogP contribution in [0, 0.1) is 12.7 Å². The molecule has 0 spiro atoms. The van der Waals surface area contributed by atoms with Gasteiger partial charge in [0.2, 0.25) is 0 Å². The smallest absolute Gasteiger partial charge is 0.138 e. The number of likely N-dealkylation sites (tertiary alicyclic amines) is 1. The highest BCUT2D eigenvalue weighted by molar-refractivity contribution is 5.80. The summed E-state index contributed by atoms with van der Waals surface area (Å²) in [6.07, 6.45) is 6.75. The minimum absolute atomic E-state index is 0.245. The molecule has 4 heterocycles. The second-order valence-corrected chi connectivity index (χ2v) is 8.66. The summed E-state index contributed by atoms with van der Waals surface area (Å²) >= 11 is 0. The van der Waals surface area contributed by atoms with Crippen molar-refractivity contribution in [3.8, 4) is 22.6 Å². The summed E-state index contributed by atoms with van der Waals surface area (Å²) in [6, 6.07) is 12.9. The van der Waals surface area contributed by atoms with E-state index in [-0.39, 0.29) is 12.4 Å². The summed E-state index contributed by atoms with van der Waals surface area (Å²) in [5.74, 6) is 0.827. The molecule has 0 atom stereocenters. The average Bonchev–Trinajstić information content (AvgIpc) is 3.22. The molecule has 0 bridgehead atoms. The molecule has 1 saturated heterocycles. The van der Waals surface area contributed by atoms with Crippen molar-refractivity contribution in [2.45, 2.75) is 32.1 Å². The van der Waals surface area contributed by atoms with E-state index in [0.29, 0.717) is 23.0 Å². The van der Waals surface area contributed by atoms with Crippen LogP contribution in [0.25, 0.3) is 28.3 Å². The molecule has 6 nitrogen and oxygen atoms in total. The van der Waals surface area contributed by atoms with Crippen molar-refractivity contribution in [3.63, 3.8) is 0 Å². The first-order valence-corrected chi connectivity index (χ1v) is 11.5. The molecule has 1 fully saturated rings. The van der Waals surface area contributed by atoms with Crippen LogP contribution < -0.4 is 0 Å². The topological polar surface area (TPSA) is 66.5 Å². The third kappa shape index (κ3) is 4.38. The van der Waals surface area contributed by atoms with Crippen LogP contribution in [0.4, 0.5) is 4.39 Å². The predicted octanol–water partition coefficient (Wildman–Crippen LogP) is 4.47. The number of nitrogens with zero attached hydrogens (tertiary/aromatic N) is 5. The molecule has 5 rings (SSSR count). The third-order valence-electron chi connectivity index (χ3n) is 6.49. The highest BCUT2D eigenvalue weighted by Gasteiger charge is 2.23. The van der Waals surface area contributed by atoms with Gasteiger partial charge in [-0.05, 0) is 81.1 Å². The van der Waals surface area contributed by atoms with Crippen molar-refractivity contribution >= 4 is 5.65 Å². The molecule has 4 aromatic rings. The number of aliphatic hydroxyl groups is 1. The Morgan fingerprint density at radius 1 is 1.09 bits per heavy atom. The number of fused-ring (bicyclic) bond motifs is 1. The zero-order valence-corrected chi connectivity index (χ0v) is 18.8. The Morgan fingerprint density at radius 2 is 1.91 bits per heavy atom. The number of pyridine rings is 1. The van der Waals surface area contributed by atoms with Crippen LogP contribution in [0.5, 0.6) is 0 Å². The van der Waals surface area contributed by atoms with E-state index in [0.717, 1.165) is 55.9 Å². The van der Waals surface area contributed by atoms with E-state index in [1.165, 1.54) is 11.6 Å². The molecule has 7 heteroatoms. The van der Waals surface area contributed by atoms with Gasteiger partial charge >= 0.3 is 0 Å². The van der Waals surface area contributed by atoms with Crippen molar-refractivity contribution in [2.24, 2.45) is 0 Å². The molecule has 0 aliphatic carbocycles. The maximum atomic E-state index is 14.8. The lowest BCUT2D eigenvalue weighted by atomic mass is 9.90. The van der Waals surface area contributed by atoms with Crippen LogP contribution >= 0.6 is 0 Å². The fraction of sp³-hybridized carbons (Fsp3) is 0.346. The molecule has 33 heavy (non-hydrogen) atoms. The van der Waals surface area contributed by atoms with E-state index in [9.17, 15) is 4.39 Å². The SMILES string of the molecule is Cc1nccc(-c2c(-c3ccccc3F)nc3cc(C4CCN(CCCO)CC4)ccn23)n1. The second kappa shape index (κ2) is 9.37. The largest absolute Gasteiger partial charge is 0.396 e. The van der Waals surface area contributed by atoms with Crippen LogP contribution in [0.15, 0.2) is 54.9 Å². The van der Waals surface area contributed by atoms with Gasteiger partial charge in [-0.25, -0.2) is 19.3 Å². The van der Waals surface area contributed by atoms with Crippen LogP contribution in [0.1, 0.15) is 36.6 Å². The highest BCUT2D eigenvalue weighted by Crippen LogP contribution is 2.35. The standard InChI is InChI=1S/C26H28FN5O/c1-18-28-11-7-23(29-18)26-25(21-5-2-3-6-22(21)27)30-24-17-20(10-15-32(24)26)19-8-13-31(14-9-19)12-4-16-33/h2-3,5-7,10-11,15,17,19,33H,4,8-9,12-14,16H2,1H3. The van der Waals surface area contributed by atoms with E-state index in [2.05, 4.69) is 27.0 Å². The van der Waals surface area contributed by atoms with E-state index in [1.54, 1.807) is 18.3 Å². The van der Waals surface area contributed by atoms with Gasteiger partial charge in [-0.1, -0.05) is 12.1 Å². The average molecular weight is 446 g/mol. The quantitative estimate of drug-likeness (QED) is 0.474. The Kier molecular flexibility index (Phi) is 6.15. The van der Waals surface area contributed by atoms with Gasteiger partial charge in [0, 0.05) is 31.1 Å². The minimum Gasteiger partial charge on any atom is -0.396 e. The first-order valence-electron chi connectivity index (χ1n) is 11.5. The molecule has 0 saturated carbocycles. The molecule has 170 valence electrons. The molecule has 1 aliphatic heterocycles. The number of hydrogen-bond donors (Lipinski definition) is 1. The molecule has 0 radical (unpaired) electrons. The molecular weight excluding hydrogens is 417 g/mol. The van der Waals surface area contributed by atoms with Gasteiger partial charge in [-0.3, -0.25) is 4.40 Å². The van der Waals surface area contributed by atoms with Gasteiger partial charge in [0.25, 0.3) is 0 Å². The third-order valence-corrected chi connectivity index (χ3v) is 6.49. The number of imidazole rings is 1. The zero-order chi connectivity index (χ0) is 22.8. The van der Waals surface area contributed by atoms with Gasteiger partial charge in [-0.15, -0.1) is 0 Å². The number of hydrogen-bond acceptors (Lipinski definition) is 5. The fourth-order valence-corrected chi connectivity index (χ4v) is 4.77. The Morgan fingerprint density at radius 3 is 2.67 bits per heavy atom. The number of halogens is 1. The summed E-state index contributed by atoms with van der Waals surface area (Å²) in [5.41, 5.74) is 4.59. The van der Waals surface area contributed by atoms with E-state index < -0.39 is 0 Å². The van der Waals surface area contributed by atoms with Crippen molar-refractivity contribution in [1.82, 2.24) is 24.3 Å². The van der Waals surface area contributed by atoms with E-state index in [4.69, 9.17) is 10.1 Å². The predicted molar refractivity (Wildman–Crippen MR) is 126 cm³/mol. The summed E-state index contributed by atoms with van der Waals surface area (Å²) in [7, 11) is 0. The lowest BCUT2D eigenvalue weighted by Gasteiger charge is -2.32. The zero-order valence-electron chi connectivity index (χ0n) is 18.8.